The summed E-state index contributed by atoms with van der Waals surface area (Å²) >= 11 is 5.50. The van der Waals surface area contributed by atoms with Crippen LogP contribution in [0.15, 0.2) is 18.2 Å². The SMILES string of the molecule is O=CC(=O)c1ccc(Cl)c([N+](=O)[O-])c1. The highest BCUT2D eigenvalue weighted by atomic mass is 35.5. The van der Waals surface area contributed by atoms with Gasteiger partial charge in [0.05, 0.1) is 4.92 Å². The number of benzene rings is 1. The minimum Gasteiger partial charge on any atom is -0.294 e. The molecule has 1 rings (SSSR count). The quantitative estimate of drug-likeness (QED) is 0.251. The van der Waals surface area contributed by atoms with E-state index in [9.17, 15) is 19.7 Å². The Morgan fingerprint density at radius 2 is 2.14 bits per heavy atom. The number of Topliss-reactive ketones (excluding diaryl/α,β-unsaturated/α-hetero) is 1. The van der Waals surface area contributed by atoms with E-state index in [0.29, 0.717) is 0 Å². The van der Waals surface area contributed by atoms with E-state index in [-0.39, 0.29) is 22.6 Å². The molecule has 0 fully saturated rings. The van der Waals surface area contributed by atoms with Crippen molar-refractivity contribution in [1.82, 2.24) is 0 Å². The first-order valence-electron chi connectivity index (χ1n) is 3.49. The average Bonchev–Trinajstić information content (AvgIpc) is 2.17. The highest BCUT2D eigenvalue weighted by Crippen LogP contribution is 2.24. The molecule has 0 aliphatic carbocycles. The first kappa shape index (κ1) is 10.3. The van der Waals surface area contributed by atoms with Crippen molar-refractivity contribution in [3.63, 3.8) is 0 Å². The number of carbonyl (C=O) groups excluding carboxylic acids is 2. The van der Waals surface area contributed by atoms with Gasteiger partial charge in [0.25, 0.3) is 5.69 Å². The summed E-state index contributed by atoms with van der Waals surface area (Å²) in [6.07, 6.45) is 0.0902. The van der Waals surface area contributed by atoms with E-state index in [1.165, 1.54) is 12.1 Å². The minimum atomic E-state index is -0.815. The smallest absolute Gasteiger partial charge is 0.288 e. The van der Waals surface area contributed by atoms with Gasteiger partial charge in [0, 0.05) is 11.6 Å². The summed E-state index contributed by atoms with van der Waals surface area (Å²) < 4.78 is 0. The van der Waals surface area contributed by atoms with Crippen LogP contribution in [0.3, 0.4) is 0 Å². The maximum atomic E-state index is 10.9. The van der Waals surface area contributed by atoms with Gasteiger partial charge in [0.1, 0.15) is 5.02 Å². The van der Waals surface area contributed by atoms with Crippen molar-refractivity contribution in [2.24, 2.45) is 0 Å². The van der Waals surface area contributed by atoms with Gasteiger partial charge in [-0.05, 0) is 12.1 Å². The lowest BCUT2D eigenvalue weighted by Crippen LogP contribution is -2.01. The summed E-state index contributed by atoms with van der Waals surface area (Å²) in [6, 6.07) is 3.43. The minimum absolute atomic E-state index is 0.0453. The molecule has 5 nitrogen and oxygen atoms in total. The normalized spacial score (nSPS) is 9.50. The van der Waals surface area contributed by atoms with Gasteiger partial charge >= 0.3 is 0 Å². The molecule has 1 aromatic rings. The summed E-state index contributed by atoms with van der Waals surface area (Å²) in [5, 5.41) is 10.3. The largest absolute Gasteiger partial charge is 0.294 e. The molecule has 1 aromatic carbocycles. The highest BCUT2D eigenvalue weighted by Gasteiger charge is 2.15. The molecule has 0 aliphatic heterocycles. The first-order valence-corrected chi connectivity index (χ1v) is 3.87. The number of nitrogens with zero attached hydrogens (tertiary/aromatic N) is 1. The van der Waals surface area contributed by atoms with Crippen molar-refractivity contribution < 1.29 is 14.5 Å². The maximum Gasteiger partial charge on any atom is 0.288 e. The average molecular weight is 214 g/mol. The molecule has 0 N–H and O–H groups in total. The first-order chi connectivity index (χ1) is 6.56. The Hall–Kier alpha value is -1.75. The number of aldehydes is 1. The van der Waals surface area contributed by atoms with Gasteiger partial charge in [-0.25, -0.2) is 0 Å². The van der Waals surface area contributed by atoms with E-state index in [1.807, 2.05) is 0 Å². The number of nitro groups is 1. The number of rotatable bonds is 3. The van der Waals surface area contributed by atoms with Crippen LogP contribution < -0.4 is 0 Å². The van der Waals surface area contributed by atoms with E-state index in [4.69, 9.17) is 11.6 Å². The number of halogens is 1. The molecule has 72 valence electrons. The lowest BCUT2D eigenvalue weighted by atomic mass is 10.1. The predicted molar refractivity (Wildman–Crippen MR) is 48.5 cm³/mol. The van der Waals surface area contributed by atoms with Crippen LogP contribution in [0.2, 0.25) is 5.02 Å². The molecule has 0 aliphatic rings. The van der Waals surface area contributed by atoms with Crippen molar-refractivity contribution in [3.05, 3.63) is 38.9 Å². The van der Waals surface area contributed by atoms with Crippen molar-refractivity contribution >= 4 is 29.4 Å². The molecule has 0 amide bonds. The third kappa shape index (κ3) is 1.94. The molecule has 0 aromatic heterocycles. The van der Waals surface area contributed by atoms with Crippen molar-refractivity contribution in [3.8, 4) is 0 Å². The van der Waals surface area contributed by atoms with E-state index in [1.54, 1.807) is 0 Å². The van der Waals surface area contributed by atoms with Crippen LogP contribution in [-0.4, -0.2) is 17.0 Å². The number of hydrogen-bond acceptors (Lipinski definition) is 4. The van der Waals surface area contributed by atoms with Crippen LogP contribution in [0, 0.1) is 10.1 Å². The van der Waals surface area contributed by atoms with Gasteiger partial charge in [-0.15, -0.1) is 0 Å². The molecule has 14 heavy (non-hydrogen) atoms. The molecule has 0 saturated carbocycles. The Morgan fingerprint density at radius 1 is 1.50 bits per heavy atom. The van der Waals surface area contributed by atoms with Crippen LogP contribution in [0.4, 0.5) is 5.69 Å². The van der Waals surface area contributed by atoms with Gasteiger partial charge in [-0.3, -0.25) is 19.7 Å². The topological polar surface area (TPSA) is 77.3 Å². The van der Waals surface area contributed by atoms with E-state index in [0.717, 1.165) is 6.07 Å². The molecule has 0 heterocycles. The van der Waals surface area contributed by atoms with Crippen LogP contribution in [0.25, 0.3) is 0 Å². The second-order valence-electron chi connectivity index (χ2n) is 2.41. The van der Waals surface area contributed by atoms with E-state index < -0.39 is 10.7 Å². The molecule has 0 bridgehead atoms. The summed E-state index contributed by atoms with van der Waals surface area (Å²) in [7, 11) is 0. The standard InChI is InChI=1S/C8H4ClNO4/c9-6-2-1-5(8(12)4-11)3-7(6)10(13)14/h1-4H. The molecule has 0 spiro atoms. The van der Waals surface area contributed by atoms with Crippen LogP contribution in [0.5, 0.6) is 0 Å². The second-order valence-corrected chi connectivity index (χ2v) is 2.81. The third-order valence-electron chi connectivity index (χ3n) is 1.53. The van der Waals surface area contributed by atoms with Crippen LogP contribution in [0.1, 0.15) is 10.4 Å². The Bertz CT molecular complexity index is 416. The van der Waals surface area contributed by atoms with Gasteiger partial charge in [-0.1, -0.05) is 11.6 Å². The van der Waals surface area contributed by atoms with Gasteiger partial charge in [-0.2, -0.15) is 0 Å². The van der Waals surface area contributed by atoms with Gasteiger partial charge < -0.3 is 0 Å². The summed E-state index contributed by atoms with van der Waals surface area (Å²) in [6.45, 7) is 0. The fourth-order valence-electron chi connectivity index (χ4n) is 0.874. The Balaban J connectivity index is 3.25. The number of ketones is 1. The molecular weight excluding hydrogens is 210 g/mol. The Kier molecular flexibility index (Phi) is 2.93. The lowest BCUT2D eigenvalue weighted by Gasteiger charge is -1.96. The zero-order valence-electron chi connectivity index (χ0n) is 6.77. The van der Waals surface area contributed by atoms with E-state index >= 15 is 0 Å². The second kappa shape index (κ2) is 3.97. The summed E-state index contributed by atoms with van der Waals surface area (Å²) in [5.41, 5.74) is -0.435. The number of hydrogen-bond donors (Lipinski definition) is 0. The fourth-order valence-corrected chi connectivity index (χ4v) is 1.06. The zero-order chi connectivity index (χ0) is 10.7. The number of carbonyl (C=O) groups is 2. The lowest BCUT2D eigenvalue weighted by molar-refractivity contribution is -0.384. The van der Waals surface area contributed by atoms with Crippen molar-refractivity contribution in [2.45, 2.75) is 0 Å². The molecule has 6 heteroatoms. The van der Waals surface area contributed by atoms with E-state index in [2.05, 4.69) is 0 Å². The monoisotopic (exact) mass is 213 g/mol. The summed E-state index contributed by atoms with van der Waals surface area (Å²) in [4.78, 5) is 30.7. The Morgan fingerprint density at radius 3 is 2.64 bits per heavy atom. The highest BCUT2D eigenvalue weighted by molar-refractivity contribution is 6.35. The molecule has 0 atom stereocenters. The maximum absolute atomic E-state index is 10.9. The molecule has 0 unspecified atom stereocenters. The predicted octanol–water partition coefficient (Wildman–Crippen LogP) is 1.63. The van der Waals surface area contributed by atoms with Gasteiger partial charge in [0.2, 0.25) is 5.78 Å². The van der Waals surface area contributed by atoms with Crippen molar-refractivity contribution in [2.75, 3.05) is 0 Å². The zero-order valence-corrected chi connectivity index (χ0v) is 7.52. The van der Waals surface area contributed by atoms with Crippen molar-refractivity contribution in [1.29, 1.82) is 0 Å². The Labute approximate surface area is 83.4 Å². The molecule has 0 radical (unpaired) electrons. The summed E-state index contributed by atoms with van der Waals surface area (Å²) in [5.74, 6) is -0.815. The van der Waals surface area contributed by atoms with Crippen LogP contribution >= 0.6 is 11.6 Å². The molecule has 0 saturated heterocycles. The van der Waals surface area contributed by atoms with Crippen LogP contribution in [-0.2, 0) is 4.79 Å². The number of nitro benzene ring substituents is 1. The molecular formula is C8H4ClNO4. The van der Waals surface area contributed by atoms with Gasteiger partial charge in [0.15, 0.2) is 6.29 Å². The fraction of sp³-hybridized carbons (Fsp3) is 0. The third-order valence-corrected chi connectivity index (χ3v) is 1.85.